The highest BCUT2D eigenvalue weighted by Crippen LogP contribution is 2.47. The second kappa shape index (κ2) is 5.53. The molecule has 2 aromatic heterocycles. The molecule has 1 saturated carbocycles. The fourth-order valence-corrected chi connectivity index (χ4v) is 4.76. The molecule has 9 heteroatoms. The van der Waals surface area contributed by atoms with E-state index in [2.05, 4.69) is 20.6 Å². The lowest BCUT2D eigenvalue weighted by Crippen LogP contribution is -2.46. The molecule has 1 spiro atoms. The molecule has 3 aliphatic rings. The number of ether oxygens (including phenoxy) is 1. The van der Waals surface area contributed by atoms with Gasteiger partial charge in [-0.15, -0.1) is 0 Å². The number of amides is 1. The van der Waals surface area contributed by atoms with Crippen molar-refractivity contribution in [2.45, 2.75) is 25.4 Å². The van der Waals surface area contributed by atoms with Gasteiger partial charge in [-0.3, -0.25) is 14.2 Å². The van der Waals surface area contributed by atoms with Gasteiger partial charge in [0.1, 0.15) is 35.0 Å². The summed E-state index contributed by atoms with van der Waals surface area (Å²) in [6, 6.07) is 3.24. The molecule has 4 N–H and O–H groups in total. The number of nitrogen functional groups attached to an aromatic ring is 1. The highest BCUT2D eigenvalue weighted by Gasteiger charge is 2.54. The minimum Gasteiger partial charge on any atom is -0.384 e. The zero-order valence-corrected chi connectivity index (χ0v) is 14.9. The van der Waals surface area contributed by atoms with E-state index in [0.717, 1.165) is 5.56 Å². The van der Waals surface area contributed by atoms with Crippen molar-refractivity contribution in [3.63, 3.8) is 0 Å². The molecule has 1 saturated heterocycles. The van der Waals surface area contributed by atoms with Crippen LogP contribution in [0.3, 0.4) is 0 Å². The Kier molecular flexibility index (Phi) is 3.33. The van der Waals surface area contributed by atoms with Crippen LogP contribution in [0.15, 0.2) is 23.3 Å². The molecule has 3 atom stereocenters. The average Bonchev–Trinajstić information content (AvgIpc) is 3.25. The highest BCUT2D eigenvalue weighted by atomic mass is 16.5. The van der Waals surface area contributed by atoms with Crippen molar-refractivity contribution >= 4 is 23.2 Å². The number of carbonyl (C=O) groups excluding carboxylic acids is 1. The zero-order chi connectivity index (χ0) is 18.8. The van der Waals surface area contributed by atoms with Crippen LogP contribution >= 0.6 is 0 Å². The van der Waals surface area contributed by atoms with Gasteiger partial charge < -0.3 is 21.1 Å². The lowest BCUT2D eigenvalue weighted by Gasteiger charge is -2.28. The van der Waals surface area contributed by atoms with E-state index in [1.165, 1.54) is 6.33 Å². The molecule has 5 rings (SSSR count). The van der Waals surface area contributed by atoms with Crippen molar-refractivity contribution in [1.82, 2.24) is 19.9 Å². The quantitative estimate of drug-likeness (QED) is 0.713. The molecule has 2 fully saturated rings. The smallest absolute Gasteiger partial charge is 0.276 e. The molecular weight excluding hydrogens is 348 g/mol. The van der Waals surface area contributed by atoms with Crippen molar-refractivity contribution < 1.29 is 9.53 Å². The van der Waals surface area contributed by atoms with Crippen LogP contribution in [0.2, 0.25) is 0 Å². The van der Waals surface area contributed by atoms with Gasteiger partial charge in [0.25, 0.3) is 11.5 Å². The van der Waals surface area contributed by atoms with Crippen LogP contribution in [0.25, 0.3) is 0 Å². The molecular formula is C18H20N6O3. The summed E-state index contributed by atoms with van der Waals surface area (Å²) in [4.78, 5) is 34.0. The Morgan fingerprint density at radius 2 is 2.00 bits per heavy atom. The number of nitrogens with two attached hydrogens (primary N) is 1. The highest BCUT2D eigenvalue weighted by molar-refractivity contribution is 5.97. The number of hydrogen-bond donors (Lipinski definition) is 3. The van der Waals surface area contributed by atoms with Crippen LogP contribution < -0.4 is 21.9 Å². The van der Waals surface area contributed by atoms with Gasteiger partial charge in [-0.2, -0.15) is 0 Å². The molecule has 0 aromatic carbocycles. The van der Waals surface area contributed by atoms with E-state index in [1.54, 1.807) is 16.7 Å². The molecule has 1 amide bonds. The number of hydrogen-bond acceptors (Lipinski definition) is 7. The summed E-state index contributed by atoms with van der Waals surface area (Å²) in [5, 5.41) is 6.13. The number of anilines is 3. The number of fused-ring (bicyclic) bond motifs is 3. The number of nitrogens with zero attached hydrogens (tertiary/aromatic N) is 3. The summed E-state index contributed by atoms with van der Waals surface area (Å²) < 4.78 is 7.21. The molecule has 1 aliphatic carbocycles. The van der Waals surface area contributed by atoms with Crippen LogP contribution in [-0.2, 0) is 10.4 Å². The van der Waals surface area contributed by atoms with Crippen molar-refractivity contribution in [2.24, 2.45) is 11.8 Å². The van der Waals surface area contributed by atoms with E-state index in [-0.39, 0.29) is 11.5 Å². The maximum Gasteiger partial charge on any atom is 0.276 e. The fraction of sp³-hybridized carbons (Fsp3) is 0.444. The van der Waals surface area contributed by atoms with Gasteiger partial charge in [-0.1, -0.05) is 0 Å². The van der Waals surface area contributed by atoms with E-state index in [9.17, 15) is 9.59 Å². The first kappa shape index (κ1) is 16.2. The SMILES string of the molecule is Cc1cc(Nc2cc(N)ncn2)c(=O)n2c1C(=O)NC21CC2COC[C@@H]2C1. The normalized spacial score (nSPS) is 28.3. The van der Waals surface area contributed by atoms with Gasteiger partial charge in [-0.25, -0.2) is 9.97 Å². The number of pyridine rings is 1. The standard InChI is InChI=1S/C18H20N6O3/c1-9-2-12(22-14-3-13(19)20-8-21-14)17(26)24-15(9)16(25)23-18(24)4-10-6-27-7-11(10)5-18/h2-3,8,10-11H,4-7H2,1H3,(H,23,25)(H3,19,20,21,22)/t10-,11?,18?/m0/s1. The van der Waals surface area contributed by atoms with E-state index in [1.807, 2.05) is 6.92 Å². The van der Waals surface area contributed by atoms with Crippen LogP contribution in [0.5, 0.6) is 0 Å². The van der Waals surface area contributed by atoms with Crippen molar-refractivity contribution in [2.75, 3.05) is 24.3 Å². The molecule has 9 nitrogen and oxygen atoms in total. The van der Waals surface area contributed by atoms with Crippen LogP contribution in [0.1, 0.15) is 28.9 Å². The molecule has 0 bridgehead atoms. The predicted octanol–water partition coefficient (Wildman–Crippen LogP) is 0.725. The predicted molar refractivity (Wildman–Crippen MR) is 97.6 cm³/mol. The molecule has 140 valence electrons. The maximum absolute atomic E-state index is 13.3. The van der Waals surface area contributed by atoms with Gasteiger partial charge >= 0.3 is 0 Å². The van der Waals surface area contributed by atoms with E-state index in [4.69, 9.17) is 10.5 Å². The largest absolute Gasteiger partial charge is 0.384 e. The topological polar surface area (TPSA) is 124 Å². The fourth-order valence-electron chi connectivity index (χ4n) is 4.76. The number of nitrogens with one attached hydrogen (secondary N) is 2. The second-order valence-electron chi connectivity index (χ2n) is 7.63. The minimum atomic E-state index is -0.671. The molecule has 2 unspecified atom stereocenters. The van der Waals surface area contributed by atoms with Crippen LogP contribution in [-0.4, -0.2) is 33.7 Å². The number of aromatic nitrogens is 3. The van der Waals surface area contributed by atoms with Gasteiger partial charge in [0.05, 0.1) is 0 Å². The minimum absolute atomic E-state index is 0.191. The average molecular weight is 368 g/mol. The van der Waals surface area contributed by atoms with E-state index >= 15 is 0 Å². The third kappa shape index (κ3) is 2.34. The van der Waals surface area contributed by atoms with Crippen LogP contribution in [0, 0.1) is 18.8 Å². The number of rotatable bonds is 2. The second-order valence-corrected chi connectivity index (χ2v) is 7.63. The monoisotopic (exact) mass is 368 g/mol. The van der Waals surface area contributed by atoms with Crippen molar-refractivity contribution in [3.05, 3.63) is 40.1 Å². The molecule has 4 heterocycles. The van der Waals surface area contributed by atoms with Crippen molar-refractivity contribution in [3.8, 4) is 0 Å². The third-order valence-electron chi connectivity index (χ3n) is 5.86. The molecule has 27 heavy (non-hydrogen) atoms. The van der Waals surface area contributed by atoms with Crippen LogP contribution in [0.4, 0.5) is 17.3 Å². The molecule has 0 radical (unpaired) electrons. The summed E-state index contributed by atoms with van der Waals surface area (Å²) in [7, 11) is 0. The molecule has 2 aliphatic heterocycles. The maximum atomic E-state index is 13.3. The Morgan fingerprint density at radius 3 is 2.70 bits per heavy atom. The van der Waals surface area contributed by atoms with Gasteiger partial charge in [0, 0.05) is 19.3 Å². The number of aryl methyl sites for hydroxylation is 1. The Balaban J connectivity index is 1.62. The Bertz CT molecular complexity index is 1000. The Hall–Kier alpha value is -2.94. The summed E-state index contributed by atoms with van der Waals surface area (Å²) in [6.45, 7) is 3.20. The first-order valence-corrected chi connectivity index (χ1v) is 8.99. The zero-order valence-electron chi connectivity index (χ0n) is 14.9. The van der Waals surface area contributed by atoms with E-state index in [0.29, 0.717) is 60.9 Å². The summed E-state index contributed by atoms with van der Waals surface area (Å²) in [5.74, 6) is 1.27. The summed E-state index contributed by atoms with van der Waals surface area (Å²) >= 11 is 0. The van der Waals surface area contributed by atoms with Gasteiger partial charge in [0.2, 0.25) is 0 Å². The summed E-state index contributed by atoms with van der Waals surface area (Å²) in [5.41, 5.74) is 6.32. The van der Waals surface area contributed by atoms with Gasteiger partial charge in [0.15, 0.2) is 0 Å². The number of carbonyl (C=O) groups is 1. The summed E-state index contributed by atoms with van der Waals surface area (Å²) in [6.07, 6.45) is 2.75. The Labute approximate surface area is 155 Å². The van der Waals surface area contributed by atoms with Crippen molar-refractivity contribution in [1.29, 1.82) is 0 Å². The third-order valence-corrected chi connectivity index (χ3v) is 5.86. The van der Waals surface area contributed by atoms with E-state index < -0.39 is 5.66 Å². The molecule has 2 aromatic rings. The first-order valence-electron chi connectivity index (χ1n) is 8.99. The lowest BCUT2D eigenvalue weighted by atomic mass is 10.0. The Morgan fingerprint density at radius 1 is 1.26 bits per heavy atom. The lowest BCUT2D eigenvalue weighted by molar-refractivity contribution is 0.0892. The first-order chi connectivity index (χ1) is 13.0. The van der Waals surface area contributed by atoms with Gasteiger partial charge in [-0.05, 0) is 43.2 Å².